The molecule has 3 saturated carbocycles. The molecule has 7 rings (SSSR count). The van der Waals surface area contributed by atoms with Gasteiger partial charge in [0.1, 0.15) is 24.3 Å². The summed E-state index contributed by atoms with van der Waals surface area (Å²) in [6.07, 6.45) is 8.91. The number of urea groups is 1. The molecule has 1 aromatic heterocycles. The number of nitrogens with zero attached hydrogens (tertiary/aromatic N) is 6. The fourth-order valence-electron chi connectivity index (χ4n) is 5.73. The third-order valence-corrected chi connectivity index (χ3v) is 8.09. The molecular weight excluding hydrogens is 416 g/mol. The van der Waals surface area contributed by atoms with Crippen LogP contribution in [0.3, 0.4) is 0 Å². The molecule has 0 radical (unpaired) electrons. The third kappa shape index (κ3) is 3.36. The zero-order valence-electron chi connectivity index (χ0n) is 18.7. The molecule has 8 nitrogen and oxygen atoms in total. The molecule has 2 aliphatic heterocycles. The molecule has 2 aromatic rings. The molecule has 0 N–H and O–H groups in total. The van der Waals surface area contributed by atoms with E-state index in [4.69, 9.17) is 4.74 Å². The SMILES string of the molecule is N#Cc1cc(C2CC2)ccc1OC1CN(C(=O)N2CC3(CC(n4cnc(C5CC5)n4)C3)C2)C1. The molecule has 1 spiro atoms. The highest BCUT2D eigenvalue weighted by molar-refractivity contribution is 5.76. The first kappa shape index (κ1) is 19.4. The predicted octanol–water partition coefficient (Wildman–Crippen LogP) is 3.42. The molecule has 5 aliphatic rings. The smallest absolute Gasteiger partial charge is 0.320 e. The molecule has 1 aromatic carbocycles. The van der Waals surface area contributed by atoms with Crippen molar-refractivity contribution in [3.63, 3.8) is 0 Å². The molecule has 3 heterocycles. The number of nitriles is 1. The monoisotopic (exact) mass is 444 g/mol. The quantitative estimate of drug-likeness (QED) is 0.705. The Bertz CT molecular complexity index is 1140. The van der Waals surface area contributed by atoms with E-state index in [2.05, 4.69) is 22.2 Å². The van der Waals surface area contributed by atoms with E-state index in [0.717, 1.165) is 31.8 Å². The predicted molar refractivity (Wildman–Crippen MR) is 119 cm³/mol. The maximum absolute atomic E-state index is 12.8. The summed E-state index contributed by atoms with van der Waals surface area (Å²) < 4.78 is 8.10. The lowest BCUT2D eigenvalue weighted by Crippen LogP contribution is -2.69. The molecule has 0 unspecified atom stereocenters. The van der Waals surface area contributed by atoms with Gasteiger partial charge in [-0.15, -0.1) is 0 Å². The van der Waals surface area contributed by atoms with Crippen LogP contribution in [0.1, 0.15) is 73.4 Å². The van der Waals surface area contributed by atoms with Crippen molar-refractivity contribution >= 4 is 6.03 Å². The Morgan fingerprint density at radius 2 is 1.85 bits per heavy atom. The van der Waals surface area contributed by atoms with Crippen LogP contribution in [-0.4, -0.2) is 62.9 Å². The summed E-state index contributed by atoms with van der Waals surface area (Å²) in [5, 5.41) is 14.2. The fourth-order valence-corrected chi connectivity index (χ4v) is 5.73. The number of carbonyl (C=O) groups excluding carboxylic acids is 1. The number of rotatable bonds is 5. The Morgan fingerprint density at radius 1 is 1.09 bits per heavy atom. The van der Waals surface area contributed by atoms with Crippen molar-refractivity contribution in [3.8, 4) is 11.8 Å². The molecule has 170 valence electrons. The Morgan fingerprint density at radius 3 is 2.55 bits per heavy atom. The summed E-state index contributed by atoms with van der Waals surface area (Å²) >= 11 is 0. The second-order valence-electron chi connectivity index (χ2n) is 10.8. The molecule has 33 heavy (non-hydrogen) atoms. The first-order valence-electron chi connectivity index (χ1n) is 12.2. The number of carbonyl (C=O) groups is 1. The zero-order chi connectivity index (χ0) is 22.2. The second-order valence-corrected chi connectivity index (χ2v) is 10.8. The van der Waals surface area contributed by atoms with Gasteiger partial charge in [0.15, 0.2) is 5.82 Å². The molecule has 2 amide bonds. The normalized spacial score (nSPS) is 24.1. The lowest BCUT2D eigenvalue weighted by molar-refractivity contribution is -0.0816. The standard InChI is InChI=1S/C25H28N6O2/c26-10-19-7-18(16-1-2-16)5-6-22(19)33-21-11-29(12-21)24(32)30-13-25(14-30)8-20(9-25)31-15-27-23(28-31)17-3-4-17/h5-7,15-17,20-21H,1-4,8-9,11-14H2. The van der Waals surface area contributed by atoms with Crippen LogP contribution in [-0.2, 0) is 0 Å². The van der Waals surface area contributed by atoms with Crippen LogP contribution in [0.15, 0.2) is 24.5 Å². The Kier molecular flexibility index (Phi) is 4.09. The van der Waals surface area contributed by atoms with Crippen molar-refractivity contribution < 1.29 is 9.53 Å². The van der Waals surface area contributed by atoms with Gasteiger partial charge in [0, 0.05) is 24.4 Å². The van der Waals surface area contributed by atoms with Crippen molar-refractivity contribution in [1.82, 2.24) is 24.6 Å². The minimum Gasteiger partial charge on any atom is -0.485 e. The van der Waals surface area contributed by atoms with E-state index in [1.165, 1.54) is 31.2 Å². The highest BCUT2D eigenvalue weighted by Crippen LogP contribution is 2.54. The molecule has 8 heteroatoms. The number of benzene rings is 1. The highest BCUT2D eigenvalue weighted by Gasteiger charge is 2.55. The maximum atomic E-state index is 12.8. The summed E-state index contributed by atoms with van der Waals surface area (Å²) in [6, 6.07) is 8.78. The van der Waals surface area contributed by atoms with Gasteiger partial charge in [-0.05, 0) is 62.1 Å². The van der Waals surface area contributed by atoms with E-state index >= 15 is 0 Å². The molecule has 0 atom stereocenters. The molecular formula is C25H28N6O2. The van der Waals surface area contributed by atoms with E-state index in [-0.39, 0.29) is 17.6 Å². The fraction of sp³-hybridized carbons (Fsp3) is 0.600. The number of aromatic nitrogens is 3. The van der Waals surface area contributed by atoms with Crippen molar-refractivity contribution in [3.05, 3.63) is 41.5 Å². The second kappa shape index (κ2) is 6.96. The number of likely N-dealkylation sites (tertiary alicyclic amines) is 2. The van der Waals surface area contributed by atoms with E-state index in [1.807, 2.05) is 32.9 Å². The summed E-state index contributed by atoms with van der Waals surface area (Å²) in [7, 11) is 0. The Balaban J connectivity index is 0.882. The van der Waals surface area contributed by atoms with Crippen LogP contribution in [0, 0.1) is 16.7 Å². The summed E-state index contributed by atoms with van der Waals surface area (Å²) in [5.74, 6) is 2.86. The average molecular weight is 445 g/mol. The number of ether oxygens (including phenoxy) is 1. The van der Waals surface area contributed by atoms with Gasteiger partial charge < -0.3 is 14.5 Å². The van der Waals surface area contributed by atoms with Gasteiger partial charge in [-0.25, -0.2) is 14.5 Å². The minimum absolute atomic E-state index is 0.0378. The molecule has 2 saturated heterocycles. The van der Waals surface area contributed by atoms with Crippen LogP contribution in [0.4, 0.5) is 4.79 Å². The molecule has 0 bridgehead atoms. The van der Waals surface area contributed by atoms with Crippen molar-refractivity contribution in [1.29, 1.82) is 5.26 Å². The maximum Gasteiger partial charge on any atom is 0.320 e. The zero-order valence-corrected chi connectivity index (χ0v) is 18.7. The van der Waals surface area contributed by atoms with Gasteiger partial charge in [0.05, 0.1) is 24.7 Å². The molecule has 3 aliphatic carbocycles. The average Bonchev–Trinajstić information content (AvgIpc) is 3.67. The topological polar surface area (TPSA) is 87.3 Å². The van der Waals surface area contributed by atoms with E-state index in [9.17, 15) is 10.1 Å². The van der Waals surface area contributed by atoms with Gasteiger partial charge in [-0.3, -0.25) is 0 Å². The first-order chi connectivity index (χ1) is 16.1. The van der Waals surface area contributed by atoms with Crippen molar-refractivity contribution in [2.45, 2.75) is 62.5 Å². The van der Waals surface area contributed by atoms with E-state index in [1.54, 1.807) is 0 Å². The van der Waals surface area contributed by atoms with Crippen LogP contribution in [0.5, 0.6) is 5.75 Å². The van der Waals surface area contributed by atoms with Crippen LogP contribution in [0.25, 0.3) is 0 Å². The lowest BCUT2D eigenvalue weighted by atomic mass is 9.61. The summed E-state index contributed by atoms with van der Waals surface area (Å²) in [5.41, 5.74) is 2.11. The van der Waals surface area contributed by atoms with Gasteiger partial charge in [0.25, 0.3) is 0 Å². The van der Waals surface area contributed by atoms with Crippen molar-refractivity contribution in [2.75, 3.05) is 26.2 Å². The highest BCUT2D eigenvalue weighted by atomic mass is 16.5. The third-order valence-electron chi connectivity index (χ3n) is 8.09. The summed E-state index contributed by atoms with van der Waals surface area (Å²) in [6.45, 7) is 2.86. The first-order valence-corrected chi connectivity index (χ1v) is 12.2. The van der Waals surface area contributed by atoms with Crippen molar-refractivity contribution in [2.24, 2.45) is 5.41 Å². The molecule has 5 fully saturated rings. The van der Waals surface area contributed by atoms with Gasteiger partial charge in [-0.2, -0.15) is 10.4 Å². The summed E-state index contributed by atoms with van der Waals surface area (Å²) in [4.78, 5) is 21.1. The van der Waals surface area contributed by atoms with Crippen LogP contribution >= 0.6 is 0 Å². The van der Waals surface area contributed by atoms with E-state index < -0.39 is 0 Å². The lowest BCUT2D eigenvalue weighted by Gasteiger charge is -2.59. The van der Waals surface area contributed by atoms with E-state index in [0.29, 0.717) is 42.3 Å². The van der Waals surface area contributed by atoms with Gasteiger partial charge in [0.2, 0.25) is 0 Å². The largest absolute Gasteiger partial charge is 0.485 e. The van der Waals surface area contributed by atoms with Gasteiger partial charge in [-0.1, -0.05) is 6.07 Å². The number of hydrogen-bond donors (Lipinski definition) is 0. The number of hydrogen-bond acceptors (Lipinski definition) is 5. The van der Waals surface area contributed by atoms with Crippen LogP contribution in [0.2, 0.25) is 0 Å². The van der Waals surface area contributed by atoms with Crippen LogP contribution < -0.4 is 4.74 Å². The Hall–Kier alpha value is -3.08. The number of amides is 2. The minimum atomic E-state index is -0.0378. The Labute approximate surface area is 193 Å². The van der Waals surface area contributed by atoms with Gasteiger partial charge >= 0.3 is 6.03 Å².